The molecule has 2 heterocycles. The lowest BCUT2D eigenvalue weighted by Crippen LogP contribution is -2.24. The van der Waals surface area contributed by atoms with E-state index in [0.29, 0.717) is 12.1 Å². The molecule has 0 bridgehead atoms. The molecule has 4 rings (SSSR count). The van der Waals surface area contributed by atoms with Gasteiger partial charge in [0, 0.05) is 35.9 Å². The van der Waals surface area contributed by atoms with Crippen LogP contribution in [0.1, 0.15) is 68.3 Å². The molecule has 1 saturated carbocycles. The molecule has 0 spiro atoms. The lowest BCUT2D eigenvalue weighted by molar-refractivity contribution is 0.0694. The summed E-state index contributed by atoms with van der Waals surface area (Å²) in [7, 11) is -3.73. The van der Waals surface area contributed by atoms with E-state index in [1.165, 1.54) is 30.6 Å². The van der Waals surface area contributed by atoms with Crippen molar-refractivity contribution in [3.63, 3.8) is 0 Å². The first kappa shape index (κ1) is 25.0. The van der Waals surface area contributed by atoms with Crippen molar-refractivity contribution in [1.82, 2.24) is 14.3 Å². The first-order valence-electron chi connectivity index (χ1n) is 11.8. The van der Waals surface area contributed by atoms with E-state index in [1.807, 2.05) is 0 Å². The van der Waals surface area contributed by atoms with Gasteiger partial charge in [-0.05, 0) is 43.5 Å². The molecule has 0 radical (unpaired) electrons. The molecule has 1 aliphatic carbocycles. The summed E-state index contributed by atoms with van der Waals surface area (Å²) in [5, 5.41) is 9.36. The van der Waals surface area contributed by atoms with Gasteiger partial charge < -0.3 is 9.67 Å². The quantitative estimate of drug-likeness (QED) is 0.374. The van der Waals surface area contributed by atoms with Gasteiger partial charge in [0.2, 0.25) is 15.5 Å². The van der Waals surface area contributed by atoms with Gasteiger partial charge in [0.15, 0.2) is 0 Å². The topological polar surface area (TPSA) is 118 Å². The Kier molecular flexibility index (Phi) is 7.32. The molecule has 1 fully saturated rings. The maximum atomic E-state index is 15.0. The Morgan fingerprint density at radius 1 is 1.20 bits per heavy atom. The van der Waals surface area contributed by atoms with E-state index in [9.17, 15) is 23.1 Å². The molecule has 3 aromatic rings. The summed E-state index contributed by atoms with van der Waals surface area (Å²) in [5.41, 5.74) is -0.420. The number of rotatable bonds is 11. The van der Waals surface area contributed by atoms with Crippen LogP contribution in [0.5, 0.6) is 0 Å². The van der Waals surface area contributed by atoms with Crippen molar-refractivity contribution in [3.8, 4) is 11.3 Å². The molecule has 0 saturated heterocycles. The zero-order chi connectivity index (χ0) is 25.2. The second kappa shape index (κ2) is 10.2. The summed E-state index contributed by atoms with van der Waals surface area (Å²) in [4.78, 5) is 28.3. The number of nitrogens with one attached hydrogen (secondary N) is 1. The summed E-state index contributed by atoms with van der Waals surface area (Å²) in [5.74, 6) is -2.10. The van der Waals surface area contributed by atoms with Gasteiger partial charge in [-0.15, -0.1) is 0 Å². The van der Waals surface area contributed by atoms with Gasteiger partial charge in [-0.3, -0.25) is 9.78 Å². The molecule has 35 heavy (non-hydrogen) atoms. The smallest absolute Gasteiger partial charge is 0.341 e. The molecule has 0 unspecified atom stereocenters. The summed E-state index contributed by atoms with van der Waals surface area (Å²) >= 11 is 0. The predicted molar refractivity (Wildman–Crippen MR) is 131 cm³/mol. The molecule has 186 valence electrons. The number of carbonyl (C=O) groups is 1. The monoisotopic (exact) mass is 501 g/mol. The summed E-state index contributed by atoms with van der Waals surface area (Å²) in [6, 6.07) is 5.34. The Morgan fingerprint density at radius 3 is 2.57 bits per heavy atom. The van der Waals surface area contributed by atoms with Gasteiger partial charge in [-0.1, -0.05) is 32.6 Å². The molecular weight excluding hydrogens is 473 g/mol. The Balaban J connectivity index is 1.62. The fourth-order valence-electron chi connectivity index (χ4n) is 4.09. The van der Waals surface area contributed by atoms with Crippen LogP contribution in [0.4, 0.5) is 4.39 Å². The van der Waals surface area contributed by atoms with Crippen LogP contribution in [0.2, 0.25) is 0 Å². The minimum Gasteiger partial charge on any atom is -0.477 e. The van der Waals surface area contributed by atoms with E-state index in [2.05, 4.69) is 16.6 Å². The number of unbranched alkanes of at least 4 members (excludes halogenated alkanes) is 4. The average Bonchev–Trinajstić information content (AvgIpc) is 3.67. The zero-order valence-electron chi connectivity index (χ0n) is 19.5. The number of aromatic carboxylic acids is 1. The van der Waals surface area contributed by atoms with Crippen molar-refractivity contribution in [2.45, 2.75) is 62.8 Å². The molecule has 1 aromatic carbocycles. The average molecular weight is 502 g/mol. The van der Waals surface area contributed by atoms with E-state index in [1.54, 1.807) is 4.57 Å². The van der Waals surface area contributed by atoms with Crippen LogP contribution in [0.25, 0.3) is 22.2 Å². The summed E-state index contributed by atoms with van der Waals surface area (Å²) in [6.07, 6.45) is 9.17. The molecule has 2 aromatic heterocycles. The molecule has 10 heteroatoms. The van der Waals surface area contributed by atoms with Gasteiger partial charge in [-0.2, -0.15) is 0 Å². The Bertz CT molecular complexity index is 1410. The van der Waals surface area contributed by atoms with Crippen LogP contribution in [0, 0.1) is 5.82 Å². The molecule has 0 atom stereocenters. The predicted octanol–water partition coefficient (Wildman–Crippen LogP) is 4.48. The SMILES string of the molecule is CCCCCCCNS(=O)(=O)c1ccc(-c2cc3c(cc2F)c(=O)c(C(=O)O)cn3C2CC2)nc1. The fraction of sp³-hybridized carbons (Fsp3) is 0.400. The third-order valence-corrected chi connectivity index (χ3v) is 7.63. The third kappa shape index (κ3) is 5.43. The van der Waals surface area contributed by atoms with Crippen molar-refractivity contribution in [2.24, 2.45) is 0 Å². The zero-order valence-corrected chi connectivity index (χ0v) is 20.3. The number of hydrogen-bond acceptors (Lipinski definition) is 5. The lowest BCUT2D eigenvalue weighted by Gasteiger charge is -2.13. The highest BCUT2D eigenvalue weighted by Crippen LogP contribution is 2.38. The Morgan fingerprint density at radius 2 is 1.94 bits per heavy atom. The van der Waals surface area contributed by atoms with Crippen LogP contribution in [0.15, 0.2) is 46.3 Å². The second-order valence-electron chi connectivity index (χ2n) is 8.86. The summed E-state index contributed by atoms with van der Waals surface area (Å²) < 4.78 is 44.4. The van der Waals surface area contributed by atoms with Gasteiger partial charge in [0.05, 0.1) is 11.2 Å². The molecule has 2 N–H and O–H groups in total. The maximum Gasteiger partial charge on any atom is 0.341 e. The number of pyridine rings is 2. The van der Waals surface area contributed by atoms with Crippen LogP contribution >= 0.6 is 0 Å². The van der Waals surface area contributed by atoms with E-state index in [4.69, 9.17) is 0 Å². The van der Waals surface area contributed by atoms with E-state index in [0.717, 1.165) is 51.0 Å². The molecule has 0 aliphatic heterocycles. The van der Waals surface area contributed by atoms with Crippen LogP contribution in [0.3, 0.4) is 0 Å². The number of hydrogen-bond donors (Lipinski definition) is 2. The van der Waals surface area contributed by atoms with E-state index >= 15 is 4.39 Å². The van der Waals surface area contributed by atoms with Crippen molar-refractivity contribution < 1.29 is 22.7 Å². The van der Waals surface area contributed by atoms with Gasteiger partial charge >= 0.3 is 5.97 Å². The number of carboxylic acids is 1. The minimum atomic E-state index is -3.73. The first-order chi connectivity index (χ1) is 16.7. The number of aromatic nitrogens is 2. The molecule has 0 amide bonds. The largest absolute Gasteiger partial charge is 0.477 e. The molecule has 8 nitrogen and oxygen atoms in total. The number of nitrogens with zero attached hydrogens (tertiary/aromatic N) is 2. The highest BCUT2D eigenvalue weighted by atomic mass is 32.2. The number of halogens is 1. The number of benzene rings is 1. The lowest BCUT2D eigenvalue weighted by atomic mass is 10.0. The van der Waals surface area contributed by atoms with Crippen molar-refractivity contribution in [2.75, 3.05) is 6.54 Å². The van der Waals surface area contributed by atoms with Crippen molar-refractivity contribution in [1.29, 1.82) is 0 Å². The van der Waals surface area contributed by atoms with Crippen LogP contribution in [-0.4, -0.2) is 35.6 Å². The van der Waals surface area contributed by atoms with E-state index < -0.39 is 32.8 Å². The first-order valence-corrected chi connectivity index (χ1v) is 13.3. The van der Waals surface area contributed by atoms with Crippen molar-refractivity contribution in [3.05, 3.63) is 58.3 Å². The summed E-state index contributed by atoms with van der Waals surface area (Å²) in [6.45, 7) is 2.45. The minimum absolute atomic E-state index is 0.0135. The Hall–Kier alpha value is -3.11. The number of sulfonamides is 1. The van der Waals surface area contributed by atoms with Gasteiger partial charge in [0.25, 0.3) is 0 Å². The van der Waals surface area contributed by atoms with Crippen LogP contribution < -0.4 is 10.2 Å². The fourth-order valence-corrected chi connectivity index (χ4v) is 5.11. The Labute approximate surface area is 202 Å². The second-order valence-corrected chi connectivity index (χ2v) is 10.6. The molecular formula is C25H28FN3O5S. The van der Waals surface area contributed by atoms with Crippen LogP contribution in [-0.2, 0) is 10.0 Å². The van der Waals surface area contributed by atoms with Gasteiger partial charge in [-0.25, -0.2) is 22.3 Å². The third-order valence-electron chi connectivity index (χ3n) is 6.19. The normalized spacial score (nSPS) is 13.9. The highest BCUT2D eigenvalue weighted by molar-refractivity contribution is 7.89. The number of fused-ring (bicyclic) bond motifs is 1. The van der Waals surface area contributed by atoms with E-state index in [-0.39, 0.29) is 27.6 Å². The van der Waals surface area contributed by atoms with Gasteiger partial charge in [0.1, 0.15) is 16.3 Å². The standard InChI is InChI=1S/C25H28FN3O5S/c1-2-3-4-5-6-11-28-35(33,34)17-9-10-22(27-14-17)18-13-23-19(12-21(18)26)24(30)20(25(31)32)15-29(23)16-7-8-16/h9-10,12-16,28H,2-8,11H2,1H3,(H,31,32). The highest BCUT2D eigenvalue weighted by Gasteiger charge is 2.27. The van der Waals surface area contributed by atoms with Crippen molar-refractivity contribution >= 4 is 26.9 Å². The maximum absolute atomic E-state index is 15.0. The number of carboxylic acid groups (broad SMARTS) is 1. The molecule has 1 aliphatic rings.